The number of imide groups is 1. The molecule has 7 rings (SSSR count). The van der Waals surface area contributed by atoms with Crippen LogP contribution >= 0.6 is 27.5 Å². The van der Waals surface area contributed by atoms with Crippen molar-refractivity contribution in [1.29, 1.82) is 0 Å². The van der Waals surface area contributed by atoms with Gasteiger partial charge < -0.3 is 9.47 Å². The smallest absolute Gasteiger partial charge is 0.254 e. The molecule has 2 bridgehead atoms. The number of amides is 2. The fourth-order valence-corrected chi connectivity index (χ4v) is 6.57. The summed E-state index contributed by atoms with van der Waals surface area (Å²) in [6.07, 6.45) is 6.98. The average molecular weight is 542 g/mol. The van der Waals surface area contributed by atoms with Gasteiger partial charge in [-0.3, -0.25) is 9.59 Å². The Kier molecular flexibility index (Phi) is 5.30. The number of hydrazone groups is 1. The van der Waals surface area contributed by atoms with Crippen molar-refractivity contribution in [1.82, 2.24) is 5.01 Å². The first-order chi connectivity index (χ1) is 16.5. The number of nitrogens with zero attached hydrogens (tertiary/aromatic N) is 2. The molecule has 0 N–H and O–H groups in total. The minimum Gasteiger partial charge on any atom is -0.493 e. The van der Waals surface area contributed by atoms with Crippen LogP contribution in [0.15, 0.2) is 58.1 Å². The predicted molar refractivity (Wildman–Crippen MR) is 131 cm³/mol. The molecule has 0 aromatic heterocycles. The lowest BCUT2D eigenvalue weighted by Gasteiger charge is -2.37. The molecule has 0 radical (unpaired) electrons. The minimum absolute atomic E-state index is 0.176. The van der Waals surface area contributed by atoms with Crippen LogP contribution in [0.1, 0.15) is 17.5 Å². The number of rotatable bonds is 6. The van der Waals surface area contributed by atoms with E-state index in [4.69, 9.17) is 21.1 Å². The van der Waals surface area contributed by atoms with Crippen molar-refractivity contribution in [2.24, 2.45) is 40.6 Å². The molecule has 2 amide bonds. The Balaban J connectivity index is 1.20. The zero-order valence-corrected chi connectivity index (χ0v) is 20.7. The number of hydrogen-bond donors (Lipinski definition) is 0. The number of carbonyl (C=O) groups is 2. The molecule has 0 spiro atoms. The summed E-state index contributed by atoms with van der Waals surface area (Å²) < 4.78 is 12.2. The normalized spacial score (nSPS) is 30.6. The van der Waals surface area contributed by atoms with Crippen molar-refractivity contribution in [2.45, 2.75) is 13.0 Å². The lowest BCUT2D eigenvalue weighted by Crippen LogP contribution is -2.40. The molecule has 1 saturated heterocycles. The summed E-state index contributed by atoms with van der Waals surface area (Å²) in [5.41, 5.74) is 1.65. The Morgan fingerprint density at radius 1 is 1.09 bits per heavy atom. The molecular weight excluding hydrogens is 520 g/mol. The van der Waals surface area contributed by atoms with Gasteiger partial charge in [0.1, 0.15) is 6.61 Å². The number of benzene rings is 2. The molecule has 0 unspecified atom stereocenters. The lowest BCUT2D eigenvalue weighted by molar-refractivity contribution is -0.140. The molecule has 2 saturated carbocycles. The van der Waals surface area contributed by atoms with E-state index in [0.717, 1.165) is 17.0 Å². The molecule has 1 aliphatic heterocycles. The van der Waals surface area contributed by atoms with E-state index >= 15 is 0 Å². The zero-order valence-electron chi connectivity index (χ0n) is 18.4. The number of carbonyl (C=O) groups excluding carboxylic acids is 2. The fraction of sp³-hybridized carbons (Fsp3) is 0.346. The summed E-state index contributed by atoms with van der Waals surface area (Å²) in [5, 5.41) is 6.07. The average Bonchev–Trinajstić information content (AvgIpc) is 3.62. The molecule has 34 heavy (non-hydrogen) atoms. The molecule has 8 heteroatoms. The van der Waals surface area contributed by atoms with E-state index in [9.17, 15) is 9.59 Å². The van der Waals surface area contributed by atoms with Crippen LogP contribution in [-0.4, -0.2) is 30.1 Å². The maximum Gasteiger partial charge on any atom is 0.254 e. The Morgan fingerprint density at radius 2 is 1.74 bits per heavy atom. The maximum atomic E-state index is 13.1. The number of allylic oxidation sites excluding steroid dienone is 2. The Morgan fingerprint density at radius 3 is 2.35 bits per heavy atom. The molecule has 174 valence electrons. The summed E-state index contributed by atoms with van der Waals surface area (Å²) in [7, 11) is 1.56. The molecule has 2 aromatic carbocycles. The van der Waals surface area contributed by atoms with Crippen molar-refractivity contribution >= 4 is 45.6 Å². The van der Waals surface area contributed by atoms with Crippen molar-refractivity contribution in [3.63, 3.8) is 0 Å². The second kappa shape index (κ2) is 8.24. The highest BCUT2D eigenvalue weighted by atomic mass is 79.9. The highest BCUT2D eigenvalue weighted by Crippen LogP contribution is 2.65. The largest absolute Gasteiger partial charge is 0.493 e. The fourth-order valence-electron chi connectivity index (χ4n) is 5.87. The second-order valence-electron chi connectivity index (χ2n) is 9.34. The van der Waals surface area contributed by atoms with Crippen molar-refractivity contribution < 1.29 is 19.1 Å². The maximum absolute atomic E-state index is 13.1. The van der Waals surface area contributed by atoms with E-state index in [-0.39, 0.29) is 35.5 Å². The monoisotopic (exact) mass is 540 g/mol. The van der Waals surface area contributed by atoms with Gasteiger partial charge in [-0.15, -0.1) is 0 Å². The third-order valence-electron chi connectivity index (χ3n) is 7.51. The van der Waals surface area contributed by atoms with Gasteiger partial charge in [-0.25, -0.2) is 0 Å². The van der Waals surface area contributed by atoms with E-state index < -0.39 is 0 Å². The molecule has 2 aromatic rings. The van der Waals surface area contributed by atoms with Gasteiger partial charge in [-0.2, -0.15) is 10.1 Å². The third-order valence-corrected chi connectivity index (χ3v) is 8.35. The quantitative estimate of drug-likeness (QED) is 0.291. The van der Waals surface area contributed by atoms with Crippen LogP contribution in [0.3, 0.4) is 0 Å². The van der Waals surface area contributed by atoms with Crippen LogP contribution in [0.4, 0.5) is 0 Å². The molecular formula is C26H22BrClN2O4. The van der Waals surface area contributed by atoms with Gasteiger partial charge in [0.2, 0.25) is 0 Å². The Hall–Kier alpha value is -2.64. The van der Waals surface area contributed by atoms with Gasteiger partial charge in [-0.1, -0.05) is 35.9 Å². The number of halogens is 2. The predicted octanol–water partition coefficient (Wildman–Crippen LogP) is 5.08. The summed E-state index contributed by atoms with van der Waals surface area (Å²) >= 11 is 9.49. The molecule has 1 heterocycles. The van der Waals surface area contributed by atoms with Crippen LogP contribution < -0.4 is 9.47 Å². The highest BCUT2D eigenvalue weighted by molar-refractivity contribution is 9.10. The second-order valence-corrected chi connectivity index (χ2v) is 10.6. The van der Waals surface area contributed by atoms with Gasteiger partial charge in [0.15, 0.2) is 11.5 Å². The first kappa shape index (κ1) is 21.9. The standard InChI is InChI=1S/C26H22BrClN2O4/c1-33-21-9-14(8-20(27)24(21)34-12-13-2-4-15(28)5-3-13)11-29-30-25(31)22-16-6-7-17(19-10-18(16)19)23(22)26(30)32/h2-9,11,16-19,22-23H,10,12H2,1H3/t16-,17-,18-,19+,22+,23+/m0/s1. The van der Waals surface area contributed by atoms with E-state index in [1.54, 1.807) is 13.2 Å². The minimum atomic E-state index is -0.256. The third kappa shape index (κ3) is 3.48. The number of methoxy groups -OCH3 is 1. The zero-order chi connectivity index (χ0) is 23.6. The summed E-state index contributed by atoms with van der Waals surface area (Å²) in [4.78, 5) is 26.2. The number of ether oxygens (including phenoxy) is 2. The van der Waals surface area contributed by atoms with Crippen LogP contribution in [0.5, 0.6) is 11.5 Å². The van der Waals surface area contributed by atoms with Gasteiger partial charge in [0, 0.05) is 5.02 Å². The molecule has 3 fully saturated rings. The van der Waals surface area contributed by atoms with E-state index in [2.05, 4.69) is 33.2 Å². The Bertz CT molecular complexity index is 1210. The van der Waals surface area contributed by atoms with Crippen LogP contribution in [0.25, 0.3) is 0 Å². The highest BCUT2D eigenvalue weighted by Gasteiger charge is 2.67. The lowest BCUT2D eigenvalue weighted by atomic mass is 9.63. The van der Waals surface area contributed by atoms with Crippen LogP contribution in [-0.2, 0) is 16.2 Å². The SMILES string of the molecule is COc1cc(C=NN2C(=O)[C@@H]3[C@H]4C=C[C@@H]([C@@H]5C[C@H]45)[C@H]3C2=O)cc(Br)c1OCc1ccc(Cl)cc1. The Labute approximate surface area is 210 Å². The molecule has 6 nitrogen and oxygen atoms in total. The van der Waals surface area contributed by atoms with Gasteiger partial charge in [-0.05, 0) is 81.4 Å². The van der Waals surface area contributed by atoms with E-state index in [1.165, 1.54) is 6.21 Å². The molecule has 6 atom stereocenters. The van der Waals surface area contributed by atoms with Gasteiger partial charge >= 0.3 is 0 Å². The van der Waals surface area contributed by atoms with Gasteiger partial charge in [0.25, 0.3) is 11.8 Å². The summed E-state index contributed by atoms with van der Waals surface area (Å²) in [6.45, 7) is 0.345. The van der Waals surface area contributed by atoms with E-state index in [0.29, 0.717) is 45.0 Å². The summed E-state index contributed by atoms with van der Waals surface area (Å²) in [5.74, 6) is 1.70. The van der Waals surface area contributed by atoms with Crippen molar-refractivity contribution in [2.75, 3.05) is 7.11 Å². The topological polar surface area (TPSA) is 68.2 Å². The summed E-state index contributed by atoms with van der Waals surface area (Å²) in [6, 6.07) is 11.0. The van der Waals surface area contributed by atoms with Gasteiger partial charge in [0.05, 0.1) is 29.6 Å². The van der Waals surface area contributed by atoms with Crippen LogP contribution in [0, 0.1) is 35.5 Å². The van der Waals surface area contributed by atoms with Crippen molar-refractivity contribution in [3.05, 3.63) is 69.2 Å². The van der Waals surface area contributed by atoms with E-state index in [1.807, 2.05) is 30.3 Å². The first-order valence-electron chi connectivity index (χ1n) is 11.3. The first-order valence-corrected chi connectivity index (χ1v) is 12.5. The molecule has 5 aliphatic rings. The number of hydrogen-bond acceptors (Lipinski definition) is 5. The van der Waals surface area contributed by atoms with Crippen LogP contribution in [0.2, 0.25) is 5.02 Å². The van der Waals surface area contributed by atoms with Crippen molar-refractivity contribution in [3.8, 4) is 11.5 Å². The molecule has 4 aliphatic carbocycles.